The zero-order valence-corrected chi connectivity index (χ0v) is 13.7. The highest BCUT2D eigenvalue weighted by Crippen LogP contribution is 2.39. The fourth-order valence-electron chi connectivity index (χ4n) is 3.70. The average Bonchev–Trinajstić information content (AvgIpc) is 3.03. The van der Waals surface area contributed by atoms with Crippen molar-refractivity contribution in [3.05, 3.63) is 65.9 Å². The molecule has 24 heavy (non-hydrogen) atoms. The molecule has 0 N–H and O–H groups in total. The van der Waals surface area contributed by atoms with Crippen molar-refractivity contribution in [1.29, 1.82) is 0 Å². The van der Waals surface area contributed by atoms with Crippen molar-refractivity contribution >= 4 is 28.4 Å². The molecule has 4 heteroatoms. The molecule has 0 spiro atoms. The Hall–Kier alpha value is -2.88. The minimum absolute atomic E-state index is 0.134. The molecule has 4 rings (SSSR count). The maximum absolute atomic E-state index is 13.0. The van der Waals surface area contributed by atoms with Crippen LogP contribution in [0.1, 0.15) is 23.6 Å². The molecule has 3 aromatic rings. The third-order valence-corrected chi connectivity index (χ3v) is 4.96. The van der Waals surface area contributed by atoms with Gasteiger partial charge in [0.25, 0.3) is 0 Å². The van der Waals surface area contributed by atoms with Crippen molar-refractivity contribution in [1.82, 2.24) is 4.57 Å². The lowest BCUT2D eigenvalue weighted by atomic mass is 9.94. The van der Waals surface area contributed by atoms with Crippen LogP contribution in [0.3, 0.4) is 0 Å². The van der Waals surface area contributed by atoms with Crippen LogP contribution < -0.4 is 4.90 Å². The molecule has 0 aliphatic carbocycles. The first kappa shape index (κ1) is 14.7. The predicted octanol–water partition coefficient (Wildman–Crippen LogP) is 3.53. The van der Waals surface area contributed by atoms with Crippen LogP contribution in [-0.4, -0.2) is 16.4 Å². The van der Waals surface area contributed by atoms with Crippen LogP contribution in [0.5, 0.6) is 0 Å². The molecule has 1 aliphatic rings. The molecule has 1 fully saturated rings. The van der Waals surface area contributed by atoms with E-state index in [9.17, 15) is 9.59 Å². The van der Waals surface area contributed by atoms with Crippen LogP contribution in [-0.2, 0) is 16.6 Å². The summed E-state index contributed by atoms with van der Waals surface area (Å²) >= 11 is 0. The lowest BCUT2D eigenvalue weighted by Crippen LogP contribution is -2.30. The standard InChI is InChI=1S/C20H18N2O2/c1-13-19(15-10-6-7-11-17(15)21(13)2)16-12-18(23)22(20(16)24)14-8-4-3-5-9-14/h3-11,16H,12H2,1-2H3/t16-/m1/s1. The van der Waals surface area contributed by atoms with E-state index in [4.69, 9.17) is 0 Å². The van der Waals surface area contributed by atoms with E-state index in [1.165, 1.54) is 4.90 Å². The lowest BCUT2D eigenvalue weighted by molar-refractivity contribution is -0.121. The average molecular weight is 318 g/mol. The third kappa shape index (κ3) is 1.99. The smallest absolute Gasteiger partial charge is 0.241 e. The summed E-state index contributed by atoms with van der Waals surface area (Å²) in [5.41, 5.74) is 3.75. The number of hydrogen-bond donors (Lipinski definition) is 0. The van der Waals surface area contributed by atoms with Gasteiger partial charge in [-0.05, 0) is 30.7 Å². The van der Waals surface area contributed by atoms with Crippen molar-refractivity contribution < 1.29 is 9.59 Å². The summed E-state index contributed by atoms with van der Waals surface area (Å²) in [7, 11) is 2.00. The number of anilines is 1. The van der Waals surface area contributed by atoms with Gasteiger partial charge in [-0.15, -0.1) is 0 Å². The monoisotopic (exact) mass is 318 g/mol. The molecule has 1 aliphatic heterocycles. The first-order chi connectivity index (χ1) is 11.6. The largest absolute Gasteiger partial charge is 0.348 e. The molecule has 2 heterocycles. The summed E-state index contributed by atoms with van der Waals surface area (Å²) < 4.78 is 2.09. The van der Waals surface area contributed by atoms with Crippen LogP contribution in [0, 0.1) is 6.92 Å². The summed E-state index contributed by atoms with van der Waals surface area (Å²) in [4.78, 5) is 26.9. The second-order valence-electron chi connectivity index (χ2n) is 6.23. The van der Waals surface area contributed by atoms with E-state index in [0.717, 1.165) is 22.2 Å². The summed E-state index contributed by atoms with van der Waals surface area (Å²) in [5.74, 6) is -0.682. The Bertz CT molecular complexity index is 956. The number of benzene rings is 2. The number of aryl methyl sites for hydroxylation is 1. The lowest BCUT2D eigenvalue weighted by Gasteiger charge is -2.15. The number of aromatic nitrogens is 1. The van der Waals surface area contributed by atoms with Gasteiger partial charge in [0.1, 0.15) is 0 Å². The fourth-order valence-corrected chi connectivity index (χ4v) is 3.70. The Labute approximate surface area is 140 Å². The van der Waals surface area contributed by atoms with E-state index in [1.54, 1.807) is 12.1 Å². The zero-order chi connectivity index (χ0) is 16.8. The van der Waals surface area contributed by atoms with Crippen LogP contribution in [0.15, 0.2) is 54.6 Å². The van der Waals surface area contributed by atoms with Crippen LogP contribution in [0.4, 0.5) is 5.69 Å². The second kappa shape index (κ2) is 5.34. The highest BCUT2D eigenvalue weighted by Gasteiger charge is 2.42. The number of carbonyl (C=O) groups is 2. The molecule has 120 valence electrons. The summed E-state index contributed by atoms with van der Waals surface area (Å²) in [6, 6.07) is 17.2. The topological polar surface area (TPSA) is 42.3 Å². The van der Waals surface area contributed by atoms with Gasteiger partial charge in [0.2, 0.25) is 11.8 Å². The van der Waals surface area contributed by atoms with Crippen molar-refractivity contribution in [2.75, 3.05) is 4.90 Å². The van der Waals surface area contributed by atoms with E-state index < -0.39 is 5.92 Å². The van der Waals surface area contributed by atoms with Gasteiger partial charge in [-0.2, -0.15) is 0 Å². The molecule has 0 bridgehead atoms. The highest BCUT2D eigenvalue weighted by atomic mass is 16.2. The van der Waals surface area contributed by atoms with Crippen molar-refractivity contribution in [2.45, 2.75) is 19.3 Å². The first-order valence-corrected chi connectivity index (χ1v) is 8.05. The van der Waals surface area contributed by atoms with Gasteiger partial charge < -0.3 is 4.57 Å². The van der Waals surface area contributed by atoms with Gasteiger partial charge in [0.15, 0.2) is 0 Å². The molecule has 1 saturated heterocycles. The molecule has 1 atom stereocenters. The van der Waals surface area contributed by atoms with Crippen LogP contribution in [0.2, 0.25) is 0 Å². The molecule has 4 nitrogen and oxygen atoms in total. The predicted molar refractivity (Wildman–Crippen MR) is 93.9 cm³/mol. The third-order valence-electron chi connectivity index (χ3n) is 4.96. The maximum Gasteiger partial charge on any atom is 0.241 e. The number of para-hydroxylation sites is 2. The molecule has 2 amide bonds. The minimum Gasteiger partial charge on any atom is -0.348 e. The molecular weight excluding hydrogens is 300 g/mol. The summed E-state index contributed by atoms with van der Waals surface area (Å²) in [6.45, 7) is 2.01. The Kier molecular flexibility index (Phi) is 3.27. The number of nitrogens with zero attached hydrogens (tertiary/aromatic N) is 2. The fraction of sp³-hybridized carbons (Fsp3) is 0.200. The molecular formula is C20H18N2O2. The molecule has 2 aromatic carbocycles. The molecule has 1 aromatic heterocycles. The van der Waals surface area contributed by atoms with Gasteiger partial charge in [-0.1, -0.05) is 36.4 Å². The van der Waals surface area contributed by atoms with Gasteiger partial charge in [-0.25, -0.2) is 0 Å². The Morgan fingerprint density at radius 3 is 2.38 bits per heavy atom. The van der Waals surface area contributed by atoms with E-state index in [2.05, 4.69) is 4.57 Å². The van der Waals surface area contributed by atoms with E-state index in [-0.39, 0.29) is 18.2 Å². The zero-order valence-electron chi connectivity index (χ0n) is 13.7. The van der Waals surface area contributed by atoms with Crippen molar-refractivity contribution in [3.63, 3.8) is 0 Å². The van der Waals surface area contributed by atoms with Crippen LogP contribution >= 0.6 is 0 Å². The van der Waals surface area contributed by atoms with E-state index in [0.29, 0.717) is 5.69 Å². The number of fused-ring (bicyclic) bond motifs is 1. The van der Waals surface area contributed by atoms with Gasteiger partial charge in [0, 0.05) is 30.1 Å². The maximum atomic E-state index is 13.0. The second-order valence-corrected chi connectivity index (χ2v) is 6.23. The first-order valence-electron chi connectivity index (χ1n) is 8.05. The minimum atomic E-state index is -0.413. The van der Waals surface area contributed by atoms with Gasteiger partial charge in [-0.3, -0.25) is 14.5 Å². The Morgan fingerprint density at radius 2 is 1.62 bits per heavy atom. The van der Waals surface area contributed by atoms with Crippen molar-refractivity contribution in [3.8, 4) is 0 Å². The summed E-state index contributed by atoms with van der Waals surface area (Å²) in [6.07, 6.45) is 0.225. The number of amides is 2. The van der Waals surface area contributed by atoms with E-state index >= 15 is 0 Å². The number of hydrogen-bond acceptors (Lipinski definition) is 2. The molecule has 0 unspecified atom stereocenters. The SMILES string of the molecule is Cc1c([C@H]2CC(=O)N(c3ccccc3)C2=O)c2ccccc2n1C. The molecule has 0 radical (unpaired) electrons. The van der Waals surface area contributed by atoms with E-state index in [1.807, 2.05) is 56.4 Å². The Balaban J connectivity index is 1.84. The highest BCUT2D eigenvalue weighted by molar-refractivity contribution is 6.23. The van der Waals surface area contributed by atoms with Crippen LogP contribution in [0.25, 0.3) is 10.9 Å². The Morgan fingerprint density at radius 1 is 0.958 bits per heavy atom. The summed E-state index contributed by atoms with van der Waals surface area (Å²) in [5, 5.41) is 1.05. The number of rotatable bonds is 2. The normalized spacial score (nSPS) is 17.9. The number of carbonyl (C=O) groups excluding carboxylic acids is 2. The van der Waals surface area contributed by atoms with Gasteiger partial charge >= 0.3 is 0 Å². The van der Waals surface area contributed by atoms with Crippen molar-refractivity contribution in [2.24, 2.45) is 7.05 Å². The molecule has 0 saturated carbocycles. The quantitative estimate of drug-likeness (QED) is 0.678. The number of imide groups is 1. The van der Waals surface area contributed by atoms with Gasteiger partial charge in [0.05, 0.1) is 11.6 Å².